The van der Waals surface area contributed by atoms with Crippen LogP contribution in [0.15, 0.2) is 84.0 Å². The summed E-state index contributed by atoms with van der Waals surface area (Å²) in [6, 6.07) is 20.5. The van der Waals surface area contributed by atoms with Crippen molar-refractivity contribution in [3.05, 3.63) is 101 Å². The van der Waals surface area contributed by atoms with Crippen molar-refractivity contribution in [2.75, 3.05) is 56.7 Å². The second-order valence-corrected chi connectivity index (χ2v) is 13.6. The van der Waals surface area contributed by atoms with E-state index in [1.165, 1.54) is 51.7 Å². The monoisotopic (exact) mass is 753 g/mol. The Morgan fingerprint density at radius 2 is 1.53 bits per heavy atom. The first-order valence-corrected chi connectivity index (χ1v) is 17.3. The van der Waals surface area contributed by atoms with Gasteiger partial charge in [-0.15, -0.1) is 0 Å². The van der Waals surface area contributed by atoms with Crippen LogP contribution in [-0.4, -0.2) is 89.0 Å². The third-order valence-electron chi connectivity index (χ3n) is 8.89. The van der Waals surface area contributed by atoms with Crippen molar-refractivity contribution in [1.29, 1.82) is 5.26 Å². The zero-order valence-electron chi connectivity index (χ0n) is 28.9. The molecule has 278 valence electrons. The number of ether oxygens (including phenoxy) is 3. The minimum Gasteiger partial charge on any atom is -0.497 e. The van der Waals surface area contributed by atoms with E-state index in [4.69, 9.17) is 24.1 Å². The van der Waals surface area contributed by atoms with Gasteiger partial charge in [0.1, 0.15) is 22.1 Å². The number of methoxy groups -OCH3 is 3. The Kier molecular flexibility index (Phi) is 10.9. The summed E-state index contributed by atoms with van der Waals surface area (Å²) in [7, 11) is -0.210. The SMILES string of the molecule is COc1ccc(S(=O)(=O)N2C(=O)C(c3cc(C)ccc3OC)(N3CCN(c4ccncc4)CC3)c3cc(C#N)ccc32)c(OC)c1.O=C(O)C(F)(F)F. The van der Waals surface area contributed by atoms with Gasteiger partial charge < -0.3 is 24.2 Å². The maximum absolute atomic E-state index is 15.3. The van der Waals surface area contributed by atoms with E-state index in [1.54, 1.807) is 24.5 Å². The van der Waals surface area contributed by atoms with Crippen LogP contribution >= 0.6 is 0 Å². The Morgan fingerprint density at radius 3 is 2.09 bits per heavy atom. The maximum atomic E-state index is 15.3. The number of carbonyl (C=O) groups is 2. The molecule has 1 amide bonds. The molecule has 0 spiro atoms. The van der Waals surface area contributed by atoms with Gasteiger partial charge in [-0.05, 0) is 61.5 Å². The van der Waals surface area contributed by atoms with Crippen LogP contribution in [0.4, 0.5) is 24.5 Å². The van der Waals surface area contributed by atoms with Crippen molar-refractivity contribution >= 4 is 33.3 Å². The number of hydrogen-bond donors (Lipinski definition) is 1. The number of fused-ring (bicyclic) bond motifs is 1. The molecular formula is C36H34F3N5O8S. The Hall–Kier alpha value is -5.86. The Balaban J connectivity index is 0.000000705. The van der Waals surface area contributed by atoms with Crippen LogP contribution in [0.1, 0.15) is 22.3 Å². The van der Waals surface area contributed by atoms with E-state index in [9.17, 15) is 26.9 Å². The summed E-state index contributed by atoms with van der Waals surface area (Å²) in [6.45, 7) is 3.82. The molecule has 6 rings (SSSR count). The number of sulfonamides is 1. The summed E-state index contributed by atoms with van der Waals surface area (Å²) in [5.74, 6) is -2.61. The number of piperazine rings is 1. The molecule has 3 aromatic carbocycles. The van der Waals surface area contributed by atoms with Crippen molar-refractivity contribution in [3.63, 3.8) is 0 Å². The van der Waals surface area contributed by atoms with Gasteiger partial charge in [0.2, 0.25) is 0 Å². The average Bonchev–Trinajstić information content (AvgIpc) is 3.42. The molecule has 4 aromatic rings. The second-order valence-electron chi connectivity index (χ2n) is 11.8. The standard InChI is InChI=1S/C34H33N5O6S.C2HF3O2/c1-23-5-9-30(44-3)28(19-23)34(38-17-15-37(16-18-38)25-11-13-36-14-12-25)27-20-24(22-35)6-8-29(27)39(33(34)40)46(41,42)32-10-7-26(43-2)21-31(32)45-4;3-2(4,5)1(6)7/h5-14,19-21H,15-18H2,1-4H3;(H,6,7). The van der Waals surface area contributed by atoms with Gasteiger partial charge in [0.15, 0.2) is 5.54 Å². The minimum atomic E-state index is -5.08. The number of aliphatic carboxylic acids is 1. The molecule has 0 radical (unpaired) electrons. The topological polar surface area (TPSA) is 163 Å². The number of carboxylic acids is 1. The van der Waals surface area contributed by atoms with Gasteiger partial charge in [0.05, 0.1) is 38.6 Å². The first kappa shape index (κ1) is 38.4. The van der Waals surface area contributed by atoms with E-state index in [0.29, 0.717) is 54.4 Å². The van der Waals surface area contributed by atoms with E-state index in [-0.39, 0.29) is 16.3 Å². The van der Waals surface area contributed by atoms with Crippen LogP contribution in [0.5, 0.6) is 17.2 Å². The molecular weight excluding hydrogens is 719 g/mol. The fourth-order valence-corrected chi connectivity index (χ4v) is 8.07. The van der Waals surface area contributed by atoms with E-state index in [0.717, 1.165) is 15.6 Å². The van der Waals surface area contributed by atoms with Gasteiger partial charge in [-0.25, -0.2) is 17.5 Å². The van der Waals surface area contributed by atoms with Crippen molar-refractivity contribution in [2.24, 2.45) is 0 Å². The molecule has 13 nitrogen and oxygen atoms in total. The predicted molar refractivity (Wildman–Crippen MR) is 186 cm³/mol. The fourth-order valence-electron chi connectivity index (χ4n) is 6.46. The number of pyridine rings is 1. The number of amides is 1. The molecule has 1 saturated heterocycles. The zero-order valence-corrected chi connectivity index (χ0v) is 29.7. The molecule has 1 atom stereocenters. The molecule has 1 N–H and O–H groups in total. The highest BCUT2D eigenvalue weighted by molar-refractivity contribution is 7.93. The van der Waals surface area contributed by atoms with Crippen molar-refractivity contribution in [3.8, 4) is 23.3 Å². The third-order valence-corrected chi connectivity index (χ3v) is 10.6. The number of nitrogens with zero attached hydrogens (tertiary/aromatic N) is 5. The molecule has 53 heavy (non-hydrogen) atoms. The summed E-state index contributed by atoms with van der Waals surface area (Å²) in [5.41, 5.74) is 1.53. The maximum Gasteiger partial charge on any atom is 0.490 e. The number of rotatable bonds is 8. The van der Waals surface area contributed by atoms with Crippen LogP contribution in [0.2, 0.25) is 0 Å². The Labute approximate surface area is 303 Å². The largest absolute Gasteiger partial charge is 0.497 e. The number of benzene rings is 3. The van der Waals surface area contributed by atoms with E-state index in [1.807, 2.05) is 36.1 Å². The number of alkyl halides is 3. The number of carbonyl (C=O) groups excluding carboxylic acids is 1. The summed E-state index contributed by atoms with van der Waals surface area (Å²) >= 11 is 0. The molecule has 17 heteroatoms. The number of halogens is 3. The summed E-state index contributed by atoms with van der Waals surface area (Å²) in [6.07, 6.45) is -1.62. The van der Waals surface area contributed by atoms with Crippen LogP contribution in [0.25, 0.3) is 0 Å². The number of nitriles is 1. The molecule has 2 aliphatic heterocycles. The van der Waals surface area contributed by atoms with Gasteiger partial charge in [-0.3, -0.25) is 14.7 Å². The number of aromatic nitrogens is 1. The van der Waals surface area contributed by atoms with Crippen LogP contribution in [0.3, 0.4) is 0 Å². The molecule has 0 bridgehead atoms. The van der Waals surface area contributed by atoms with Crippen molar-refractivity contribution in [1.82, 2.24) is 9.88 Å². The quantitative estimate of drug-likeness (QED) is 0.264. The summed E-state index contributed by atoms with van der Waals surface area (Å²) in [5, 5.41) is 17.1. The highest BCUT2D eigenvalue weighted by Gasteiger charge is 2.61. The number of anilines is 2. The molecule has 0 saturated carbocycles. The van der Waals surface area contributed by atoms with E-state index >= 15 is 4.79 Å². The smallest absolute Gasteiger partial charge is 0.490 e. The van der Waals surface area contributed by atoms with E-state index < -0.39 is 33.6 Å². The molecule has 1 aromatic heterocycles. The third kappa shape index (κ3) is 7.02. The summed E-state index contributed by atoms with van der Waals surface area (Å²) < 4.78 is 78.5. The average molecular weight is 754 g/mol. The molecule has 3 heterocycles. The lowest BCUT2D eigenvalue weighted by molar-refractivity contribution is -0.192. The van der Waals surface area contributed by atoms with Crippen molar-refractivity contribution < 1.29 is 50.5 Å². The second kappa shape index (κ2) is 15.0. The molecule has 0 aliphatic carbocycles. The van der Waals surface area contributed by atoms with Crippen molar-refractivity contribution in [2.45, 2.75) is 23.5 Å². The van der Waals surface area contributed by atoms with Gasteiger partial charge in [-0.1, -0.05) is 11.6 Å². The zero-order chi connectivity index (χ0) is 38.7. The van der Waals surface area contributed by atoms with Crippen LogP contribution in [-0.2, 0) is 25.2 Å². The number of aryl methyl sites for hydroxylation is 1. The highest BCUT2D eigenvalue weighted by atomic mass is 32.2. The Morgan fingerprint density at radius 1 is 0.887 bits per heavy atom. The minimum absolute atomic E-state index is 0.0268. The molecule has 2 aliphatic rings. The van der Waals surface area contributed by atoms with Gasteiger partial charge in [-0.2, -0.15) is 18.4 Å². The first-order chi connectivity index (χ1) is 25.1. The van der Waals surface area contributed by atoms with E-state index in [2.05, 4.69) is 16.0 Å². The van der Waals surface area contributed by atoms with Gasteiger partial charge in [0.25, 0.3) is 15.9 Å². The number of carboxylic acid groups (broad SMARTS) is 1. The highest BCUT2D eigenvalue weighted by Crippen LogP contribution is 2.53. The normalized spacial score (nSPS) is 17.3. The lowest BCUT2D eigenvalue weighted by atomic mass is 9.80. The Bertz CT molecular complexity index is 2170. The summed E-state index contributed by atoms with van der Waals surface area (Å²) in [4.78, 5) is 32.4. The first-order valence-electron chi connectivity index (χ1n) is 15.9. The lowest BCUT2D eigenvalue weighted by Gasteiger charge is -2.46. The van der Waals surface area contributed by atoms with Crippen LogP contribution in [0, 0.1) is 18.3 Å². The molecule has 1 fully saturated rings. The van der Waals surface area contributed by atoms with Gasteiger partial charge in [0, 0.05) is 61.5 Å². The predicted octanol–water partition coefficient (Wildman–Crippen LogP) is 4.72. The van der Waals surface area contributed by atoms with Crippen LogP contribution < -0.4 is 23.4 Å². The lowest BCUT2D eigenvalue weighted by Crippen LogP contribution is -2.60. The molecule has 1 unspecified atom stereocenters. The van der Waals surface area contributed by atoms with Gasteiger partial charge >= 0.3 is 12.1 Å². The fraction of sp³-hybridized carbons (Fsp3) is 0.278. The number of hydrogen-bond acceptors (Lipinski definition) is 11.